The maximum Gasteiger partial charge on any atom is 0.294 e. The first-order valence-electron chi connectivity index (χ1n) is 2.04. The monoisotopic (exact) mass is 117 g/mol. The van der Waals surface area contributed by atoms with Gasteiger partial charge in [0, 0.05) is 0 Å². The van der Waals surface area contributed by atoms with Crippen LogP contribution >= 0.6 is 0 Å². The molecule has 0 aromatic rings. The lowest BCUT2D eigenvalue weighted by molar-refractivity contribution is -0.755. The van der Waals surface area contributed by atoms with Gasteiger partial charge in [0.25, 0.3) is 5.09 Å². The van der Waals surface area contributed by atoms with Crippen molar-refractivity contribution in [2.75, 3.05) is 6.61 Å². The van der Waals surface area contributed by atoms with Crippen molar-refractivity contribution >= 4 is 0 Å². The lowest BCUT2D eigenvalue weighted by atomic mass is 10.4. The molecule has 4 heteroatoms. The minimum atomic E-state index is -0.839. The van der Waals surface area contributed by atoms with E-state index in [0.717, 1.165) is 0 Å². The van der Waals surface area contributed by atoms with Gasteiger partial charge in [-0.05, 0) is 6.92 Å². The summed E-state index contributed by atoms with van der Waals surface area (Å²) >= 11 is 0. The van der Waals surface area contributed by atoms with Crippen LogP contribution in [-0.2, 0) is 4.84 Å². The van der Waals surface area contributed by atoms with E-state index in [-0.39, 0.29) is 6.61 Å². The minimum Gasteiger partial charge on any atom is -0.310 e. The van der Waals surface area contributed by atoms with Crippen LogP contribution in [-0.4, -0.2) is 11.7 Å². The van der Waals surface area contributed by atoms with Crippen LogP contribution in [0.15, 0.2) is 12.2 Å². The zero-order valence-corrected chi connectivity index (χ0v) is 4.59. The van der Waals surface area contributed by atoms with Crippen LogP contribution in [0, 0.1) is 10.1 Å². The van der Waals surface area contributed by atoms with E-state index in [1.54, 1.807) is 6.92 Å². The SMILES string of the molecule is C=C(C)CO[N+](=O)[O-]. The molecule has 0 aliphatic rings. The summed E-state index contributed by atoms with van der Waals surface area (Å²) in [5.41, 5.74) is 0.640. The van der Waals surface area contributed by atoms with E-state index in [4.69, 9.17) is 0 Å². The van der Waals surface area contributed by atoms with Crippen LogP contribution in [0.5, 0.6) is 0 Å². The summed E-state index contributed by atoms with van der Waals surface area (Å²) in [7, 11) is 0. The Morgan fingerprint density at radius 3 is 2.62 bits per heavy atom. The smallest absolute Gasteiger partial charge is 0.294 e. The zero-order chi connectivity index (χ0) is 6.57. The van der Waals surface area contributed by atoms with Crippen molar-refractivity contribution in [3.05, 3.63) is 22.3 Å². The molecule has 0 aliphatic carbocycles. The quantitative estimate of drug-likeness (QED) is 0.311. The van der Waals surface area contributed by atoms with Gasteiger partial charge in [-0.25, -0.2) is 0 Å². The Kier molecular flexibility index (Phi) is 2.61. The second kappa shape index (κ2) is 3.01. The van der Waals surface area contributed by atoms with Crippen molar-refractivity contribution in [2.24, 2.45) is 0 Å². The maximum absolute atomic E-state index is 9.45. The Bertz CT molecular complexity index is 95.9. The van der Waals surface area contributed by atoms with Crippen LogP contribution in [0.25, 0.3) is 0 Å². The lowest BCUT2D eigenvalue weighted by Gasteiger charge is -1.93. The van der Waals surface area contributed by atoms with E-state index in [0.29, 0.717) is 5.57 Å². The normalized spacial score (nSPS) is 8.12. The van der Waals surface area contributed by atoms with Crippen LogP contribution in [0.4, 0.5) is 0 Å². The molecule has 0 saturated heterocycles. The second-order valence-corrected chi connectivity index (χ2v) is 1.45. The van der Waals surface area contributed by atoms with Gasteiger partial charge in [-0.2, -0.15) is 0 Å². The zero-order valence-electron chi connectivity index (χ0n) is 4.59. The molecule has 0 aromatic heterocycles. The van der Waals surface area contributed by atoms with E-state index in [9.17, 15) is 10.1 Å². The third kappa shape index (κ3) is 4.94. The summed E-state index contributed by atoms with van der Waals surface area (Å²) in [5.74, 6) is 0. The first-order chi connectivity index (χ1) is 3.63. The van der Waals surface area contributed by atoms with Crippen molar-refractivity contribution in [2.45, 2.75) is 6.92 Å². The molecular weight excluding hydrogens is 110 g/mol. The summed E-state index contributed by atoms with van der Waals surface area (Å²) in [5, 5.41) is 8.61. The molecule has 0 radical (unpaired) electrons. The van der Waals surface area contributed by atoms with Gasteiger partial charge in [-0.3, -0.25) is 0 Å². The van der Waals surface area contributed by atoms with Crippen LogP contribution in [0.3, 0.4) is 0 Å². The Morgan fingerprint density at radius 1 is 2.00 bits per heavy atom. The molecule has 0 amide bonds. The lowest BCUT2D eigenvalue weighted by Crippen LogP contribution is -2.01. The summed E-state index contributed by atoms with van der Waals surface area (Å²) in [6.07, 6.45) is 0. The molecule has 8 heavy (non-hydrogen) atoms. The maximum atomic E-state index is 9.45. The fraction of sp³-hybridized carbons (Fsp3) is 0.500. The molecule has 0 spiro atoms. The summed E-state index contributed by atoms with van der Waals surface area (Å²) in [6, 6.07) is 0. The van der Waals surface area contributed by atoms with Gasteiger partial charge in [0.15, 0.2) is 0 Å². The highest BCUT2D eigenvalue weighted by molar-refractivity contribution is 4.86. The average molecular weight is 117 g/mol. The van der Waals surface area contributed by atoms with E-state index >= 15 is 0 Å². The third-order valence-electron chi connectivity index (χ3n) is 0.416. The summed E-state index contributed by atoms with van der Waals surface area (Å²) in [4.78, 5) is 13.4. The first kappa shape index (κ1) is 6.94. The molecular formula is C4H7NO3. The predicted octanol–water partition coefficient (Wildman–Crippen LogP) is 0.771. The van der Waals surface area contributed by atoms with E-state index in [1.807, 2.05) is 0 Å². The van der Waals surface area contributed by atoms with Crippen molar-refractivity contribution in [1.29, 1.82) is 0 Å². The Hall–Kier alpha value is -1.06. The predicted molar refractivity (Wildman–Crippen MR) is 27.8 cm³/mol. The number of nitrogens with zero attached hydrogens (tertiary/aromatic N) is 1. The molecule has 0 bridgehead atoms. The van der Waals surface area contributed by atoms with Crippen LogP contribution in [0.2, 0.25) is 0 Å². The van der Waals surface area contributed by atoms with Gasteiger partial charge in [0.2, 0.25) is 0 Å². The minimum absolute atomic E-state index is 0.00694. The highest BCUT2D eigenvalue weighted by Gasteiger charge is 1.91. The van der Waals surface area contributed by atoms with E-state index in [2.05, 4.69) is 11.4 Å². The van der Waals surface area contributed by atoms with Gasteiger partial charge >= 0.3 is 0 Å². The molecule has 0 heterocycles. The van der Waals surface area contributed by atoms with Crippen LogP contribution < -0.4 is 0 Å². The van der Waals surface area contributed by atoms with Crippen molar-refractivity contribution in [3.63, 3.8) is 0 Å². The fourth-order valence-corrected chi connectivity index (χ4v) is 0.163. The van der Waals surface area contributed by atoms with Crippen LogP contribution in [0.1, 0.15) is 6.92 Å². The molecule has 0 saturated carbocycles. The molecule has 0 aromatic carbocycles. The molecule has 46 valence electrons. The Labute approximate surface area is 46.9 Å². The third-order valence-corrected chi connectivity index (χ3v) is 0.416. The summed E-state index contributed by atoms with van der Waals surface area (Å²) in [6.45, 7) is 5.05. The van der Waals surface area contributed by atoms with Gasteiger partial charge in [0.1, 0.15) is 6.61 Å². The molecule has 0 N–H and O–H groups in total. The highest BCUT2D eigenvalue weighted by Crippen LogP contribution is 1.86. The molecule has 0 rings (SSSR count). The molecule has 0 atom stereocenters. The number of hydrogen-bond donors (Lipinski definition) is 0. The Morgan fingerprint density at radius 2 is 2.50 bits per heavy atom. The number of rotatable bonds is 3. The Balaban J connectivity index is 3.18. The molecule has 0 aliphatic heterocycles. The van der Waals surface area contributed by atoms with Gasteiger partial charge in [-0.15, -0.1) is 10.1 Å². The van der Waals surface area contributed by atoms with Crippen molar-refractivity contribution < 1.29 is 9.92 Å². The topological polar surface area (TPSA) is 52.4 Å². The second-order valence-electron chi connectivity index (χ2n) is 1.45. The highest BCUT2D eigenvalue weighted by atomic mass is 16.9. The molecule has 4 nitrogen and oxygen atoms in total. The van der Waals surface area contributed by atoms with Gasteiger partial charge in [0.05, 0.1) is 0 Å². The van der Waals surface area contributed by atoms with Crippen molar-refractivity contribution in [3.8, 4) is 0 Å². The van der Waals surface area contributed by atoms with Crippen molar-refractivity contribution in [1.82, 2.24) is 0 Å². The largest absolute Gasteiger partial charge is 0.310 e. The molecule has 0 fully saturated rings. The van der Waals surface area contributed by atoms with E-state index in [1.165, 1.54) is 0 Å². The standard InChI is InChI=1S/C4H7NO3/c1-4(2)3-8-5(6)7/h1,3H2,2H3. The summed E-state index contributed by atoms with van der Waals surface area (Å²) < 4.78 is 0. The van der Waals surface area contributed by atoms with Gasteiger partial charge in [-0.1, -0.05) is 12.2 Å². The van der Waals surface area contributed by atoms with E-state index < -0.39 is 5.09 Å². The fourth-order valence-electron chi connectivity index (χ4n) is 0.163. The number of hydrogen-bond acceptors (Lipinski definition) is 3. The average Bonchev–Trinajstić information content (AvgIpc) is 1.61. The first-order valence-corrected chi connectivity index (χ1v) is 2.04. The molecule has 0 unspecified atom stereocenters. The van der Waals surface area contributed by atoms with Gasteiger partial charge < -0.3 is 4.84 Å².